The molecule has 4 heterocycles. The van der Waals surface area contributed by atoms with Crippen molar-refractivity contribution in [2.45, 2.75) is 107 Å². The van der Waals surface area contributed by atoms with Crippen molar-refractivity contribution in [3.63, 3.8) is 0 Å². The molecule has 3 aliphatic rings. The van der Waals surface area contributed by atoms with Crippen LogP contribution < -0.4 is 10.1 Å². The van der Waals surface area contributed by atoms with Gasteiger partial charge in [0.15, 0.2) is 0 Å². The lowest BCUT2D eigenvalue weighted by Crippen LogP contribution is -2.47. The number of aliphatic hydroxyl groups is 1. The number of aromatic nitrogens is 3. The van der Waals surface area contributed by atoms with Crippen LogP contribution in [0, 0.1) is 0 Å². The van der Waals surface area contributed by atoms with Crippen LogP contribution in [-0.4, -0.2) is 81.7 Å². The van der Waals surface area contributed by atoms with Crippen molar-refractivity contribution in [3.05, 3.63) is 18.0 Å². The molecule has 8 nitrogen and oxygen atoms in total. The highest BCUT2D eigenvalue weighted by atomic mass is 19.4. The van der Waals surface area contributed by atoms with Gasteiger partial charge < -0.3 is 19.9 Å². The van der Waals surface area contributed by atoms with Crippen LogP contribution >= 0.6 is 0 Å². The topological polar surface area (TPSA) is 92.6 Å². The van der Waals surface area contributed by atoms with Crippen LogP contribution in [0.1, 0.15) is 76.2 Å². The molecule has 0 spiro atoms. The number of aliphatic hydroxyl groups excluding tert-OH is 1. The molecule has 5 rings (SSSR count). The quantitative estimate of drug-likeness (QED) is 0.471. The summed E-state index contributed by atoms with van der Waals surface area (Å²) in [5.74, 6) is 0.801. The number of halogens is 3. The lowest BCUT2D eigenvalue weighted by Gasteiger charge is -2.38. The maximum absolute atomic E-state index is 12.9. The first-order valence-electron chi connectivity index (χ1n) is 13.8. The minimum Gasteiger partial charge on any atom is -0.474 e. The Bertz CT molecular complexity index is 1080. The number of nitrogens with one attached hydrogen (secondary N) is 1. The van der Waals surface area contributed by atoms with Gasteiger partial charge in [0.1, 0.15) is 6.10 Å². The maximum Gasteiger partial charge on any atom is 0.391 e. The van der Waals surface area contributed by atoms with E-state index in [1.165, 1.54) is 6.92 Å². The molecule has 2 bridgehead atoms. The summed E-state index contributed by atoms with van der Waals surface area (Å²) in [6.45, 7) is 3.12. The Labute approximate surface area is 221 Å². The molecule has 1 aliphatic carbocycles. The number of anilines is 1. The molecule has 11 heteroatoms. The van der Waals surface area contributed by atoms with E-state index >= 15 is 0 Å². The Balaban J connectivity index is 1.39. The third-order valence-corrected chi connectivity index (χ3v) is 8.34. The van der Waals surface area contributed by atoms with E-state index in [0.29, 0.717) is 41.7 Å². The van der Waals surface area contributed by atoms with Crippen molar-refractivity contribution >= 4 is 16.9 Å². The zero-order valence-corrected chi connectivity index (χ0v) is 22.1. The zero-order valence-electron chi connectivity index (χ0n) is 22.1. The number of methoxy groups -OCH3 is 1. The third kappa shape index (κ3) is 6.31. The second kappa shape index (κ2) is 11.5. The van der Waals surface area contributed by atoms with Crippen molar-refractivity contribution in [2.75, 3.05) is 25.6 Å². The maximum atomic E-state index is 12.9. The second-order valence-corrected chi connectivity index (χ2v) is 11.2. The van der Waals surface area contributed by atoms with Crippen LogP contribution in [-0.2, 0) is 4.74 Å². The highest BCUT2D eigenvalue weighted by Crippen LogP contribution is 2.40. The average Bonchev–Trinajstić information content (AvgIpc) is 3.09. The number of alkyl halides is 3. The highest BCUT2D eigenvalue weighted by molar-refractivity contribution is 5.86. The van der Waals surface area contributed by atoms with Crippen LogP contribution in [0.25, 0.3) is 10.9 Å². The largest absolute Gasteiger partial charge is 0.474 e. The van der Waals surface area contributed by atoms with Gasteiger partial charge in [-0.3, -0.25) is 4.90 Å². The summed E-state index contributed by atoms with van der Waals surface area (Å²) >= 11 is 0. The van der Waals surface area contributed by atoms with Gasteiger partial charge in [-0.15, -0.1) is 0 Å². The highest BCUT2D eigenvalue weighted by Gasteiger charge is 2.41. The molecule has 1 unspecified atom stereocenters. The molecule has 2 N–H and O–H groups in total. The van der Waals surface area contributed by atoms with Gasteiger partial charge in [0, 0.05) is 49.7 Å². The summed E-state index contributed by atoms with van der Waals surface area (Å²) in [6.07, 6.45) is 5.07. The Kier molecular flexibility index (Phi) is 8.25. The van der Waals surface area contributed by atoms with Crippen LogP contribution in [0.3, 0.4) is 0 Å². The lowest BCUT2D eigenvalue weighted by molar-refractivity contribution is -0.136. The molecule has 210 valence electrons. The molecule has 1 saturated carbocycles. The molecule has 2 aliphatic heterocycles. The first kappa shape index (κ1) is 27.3. The molecule has 38 heavy (non-hydrogen) atoms. The van der Waals surface area contributed by atoms with E-state index in [0.717, 1.165) is 57.2 Å². The van der Waals surface area contributed by atoms with Crippen molar-refractivity contribution in [2.24, 2.45) is 0 Å². The van der Waals surface area contributed by atoms with Crippen molar-refractivity contribution in [1.29, 1.82) is 0 Å². The molecule has 2 saturated heterocycles. The van der Waals surface area contributed by atoms with Gasteiger partial charge in [0.2, 0.25) is 11.8 Å². The summed E-state index contributed by atoms with van der Waals surface area (Å²) in [5.41, 5.74) is 1.59. The van der Waals surface area contributed by atoms with Crippen LogP contribution in [0.4, 0.5) is 19.1 Å². The van der Waals surface area contributed by atoms with Gasteiger partial charge in [-0.25, -0.2) is 15.0 Å². The van der Waals surface area contributed by atoms with Crippen LogP contribution in [0.2, 0.25) is 0 Å². The first-order chi connectivity index (χ1) is 18.2. The fraction of sp³-hybridized carbons (Fsp3) is 0.741. The molecule has 4 atom stereocenters. The van der Waals surface area contributed by atoms with Gasteiger partial charge in [0.25, 0.3) is 0 Å². The minimum absolute atomic E-state index is 0.0299. The number of nitrogens with zero attached hydrogens (tertiary/aromatic N) is 4. The summed E-state index contributed by atoms with van der Waals surface area (Å²) in [6, 6.07) is 0.0719. The summed E-state index contributed by atoms with van der Waals surface area (Å²) < 4.78 is 50.4. The Morgan fingerprint density at radius 2 is 1.79 bits per heavy atom. The van der Waals surface area contributed by atoms with Gasteiger partial charge in [0.05, 0.1) is 30.0 Å². The normalized spacial score (nSPS) is 28.9. The lowest BCUT2D eigenvalue weighted by atomic mass is 9.83. The second-order valence-electron chi connectivity index (χ2n) is 11.2. The predicted molar refractivity (Wildman–Crippen MR) is 137 cm³/mol. The number of piperidine rings is 1. The van der Waals surface area contributed by atoms with Gasteiger partial charge in [-0.2, -0.15) is 13.2 Å². The fourth-order valence-electron chi connectivity index (χ4n) is 6.53. The Morgan fingerprint density at radius 3 is 2.45 bits per heavy atom. The van der Waals surface area contributed by atoms with Crippen molar-refractivity contribution in [1.82, 2.24) is 19.9 Å². The van der Waals surface area contributed by atoms with Gasteiger partial charge in [-0.05, 0) is 64.2 Å². The fourth-order valence-corrected chi connectivity index (χ4v) is 6.53. The zero-order chi connectivity index (χ0) is 26.9. The van der Waals surface area contributed by atoms with Crippen LogP contribution in [0.5, 0.6) is 5.88 Å². The molecule has 0 aromatic carbocycles. The summed E-state index contributed by atoms with van der Waals surface area (Å²) in [4.78, 5) is 16.3. The van der Waals surface area contributed by atoms with E-state index in [2.05, 4.69) is 20.2 Å². The molecular formula is C27H38F3N5O3. The van der Waals surface area contributed by atoms with Crippen LogP contribution in [0.15, 0.2) is 12.4 Å². The number of hydrogen-bond acceptors (Lipinski definition) is 8. The van der Waals surface area contributed by atoms with E-state index in [-0.39, 0.29) is 24.1 Å². The first-order valence-corrected chi connectivity index (χ1v) is 13.8. The van der Waals surface area contributed by atoms with Gasteiger partial charge in [-0.1, -0.05) is 0 Å². The monoisotopic (exact) mass is 537 g/mol. The average molecular weight is 538 g/mol. The minimum atomic E-state index is -4.28. The Morgan fingerprint density at radius 1 is 1.08 bits per heavy atom. The number of hydrogen-bond donors (Lipinski definition) is 2. The van der Waals surface area contributed by atoms with Crippen molar-refractivity contribution < 1.29 is 27.8 Å². The third-order valence-electron chi connectivity index (χ3n) is 8.34. The van der Waals surface area contributed by atoms with E-state index < -0.39 is 18.6 Å². The number of pyridine rings is 1. The summed E-state index contributed by atoms with van der Waals surface area (Å²) in [5, 5.41) is 13.5. The molecule has 3 fully saturated rings. The molecule has 0 radical (unpaired) electrons. The molecular weight excluding hydrogens is 499 g/mol. The van der Waals surface area contributed by atoms with E-state index in [1.54, 1.807) is 19.5 Å². The summed E-state index contributed by atoms with van der Waals surface area (Å²) in [7, 11) is 1.73. The van der Waals surface area contributed by atoms with Crippen molar-refractivity contribution in [3.8, 4) is 5.88 Å². The predicted octanol–water partition coefficient (Wildman–Crippen LogP) is 4.82. The van der Waals surface area contributed by atoms with E-state index in [9.17, 15) is 18.3 Å². The number of ether oxygens (including phenoxy) is 2. The molecule has 2 aromatic heterocycles. The number of fused-ring (bicyclic) bond motifs is 3. The van der Waals surface area contributed by atoms with E-state index in [1.807, 2.05) is 0 Å². The number of rotatable bonds is 9. The van der Waals surface area contributed by atoms with E-state index in [4.69, 9.17) is 14.5 Å². The Hall–Kier alpha value is -2.24. The molecule has 2 aromatic rings. The standard InChI is InChI=1S/C27H38F3N5O3/c1-16(13-27(28,29)30)33-26-32-15-23-24(34-26)22(17-3-7-20(36)8-4-17)14-31-25(23)38-21-11-18-5-6-19(12-21)35(18)9-10-37-2/h14-21,36H,3-13H2,1-2H3,(H,32,33,34)/t16-,17?,18-,19+,20?,21?/m0/s1. The van der Waals surface area contributed by atoms with Gasteiger partial charge >= 0.3 is 6.18 Å². The molecule has 0 amide bonds. The smallest absolute Gasteiger partial charge is 0.391 e. The SMILES string of the molecule is COCCN1[C@@H]2CC[C@H]1CC(Oc1ncc(C3CCC(O)CC3)c3nc(N[C@@H](C)CC(F)(F)F)ncc13)C2.